The summed E-state index contributed by atoms with van der Waals surface area (Å²) >= 11 is 0. The smallest absolute Gasteiger partial charge is 0.256 e. The van der Waals surface area contributed by atoms with Crippen LogP contribution in [0.1, 0.15) is 23.7 Å². The van der Waals surface area contributed by atoms with Gasteiger partial charge in [-0.15, -0.1) is 0 Å². The van der Waals surface area contributed by atoms with Crippen LogP contribution in [0.3, 0.4) is 0 Å². The van der Waals surface area contributed by atoms with Gasteiger partial charge in [0, 0.05) is 31.9 Å². The molecule has 38 heavy (non-hydrogen) atoms. The van der Waals surface area contributed by atoms with Crippen molar-refractivity contribution in [3.05, 3.63) is 78.4 Å². The van der Waals surface area contributed by atoms with E-state index in [4.69, 9.17) is 4.74 Å². The van der Waals surface area contributed by atoms with Gasteiger partial charge in [0.2, 0.25) is 10.0 Å². The number of ether oxygens (including phenoxy) is 1. The molecule has 11 heteroatoms. The van der Waals surface area contributed by atoms with Crippen LogP contribution in [0.5, 0.6) is 5.75 Å². The van der Waals surface area contributed by atoms with E-state index in [9.17, 15) is 21.6 Å². The Hall–Kier alpha value is -3.41. The highest BCUT2D eigenvalue weighted by atomic mass is 32.2. The molecule has 0 spiro atoms. The molecule has 1 heterocycles. The van der Waals surface area contributed by atoms with E-state index in [0.717, 1.165) is 11.4 Å². The molecule has 1 aliphatic heterocycles. The van der Waals surface area contributed by atoms with Crippen LogP contribution in [-0.4, -0.2) is 66.1 Å². The fourth-order valence-electron chi connectivity index (χ4n) is 4.42. The first-order chi connectivity index (χ1) is 18.2. The number of hydrogen-bond donors (Lipinski definition) is 1. The second kappa shape index (κ2) is 11.5. The van der Waals surface area contributed by atoms with E-state index < -0.39 is 25.8 Å². The van der Waals surface area contributed by atoms with Crippen molar-refractivity contribution in [2.45, 2.75) is 23.1 Å². The minimum atomic E-state index is -3.73. The van der Waals surface area contributed by atoms with E-state index >= 15 is 0 Å². The molecule has 1 amide bonds. The van der Waals surface area contributed by atoms with E-state index in [1.54, 1.807) is 26.2 Å². The molecule has 1 fully saturated rings. The second-order valence-electron chi connectivity index (χ2n) is 8.86. The first-order valence-electron chi connectivity index (χ1n) is 12.3. The standard InChI is InChI=1S/C27H31N3O6S2/c1-3-20-37(32,33)26-11-7-4-8-23(26)27(31)28-21-12-14-22(15-13-21)38(34,35)30-18-16-29(17-19-30)24-9-5-6-10-25(24)36-2/h4-15H,3,16-20H2,1-2H3,(H,28,31). The van der Waals surface area contributed by atoms with Crippen molar-refractivity contribution in [2.24, 2.45) is 0 Å². The number of sulfonamides is 1. The molecule has 3 aromatic rings. The topological polar surface area (TPSA) is 113 Å². The van der Waals surface area contributed by atoms with Crippen molar-refractivity contribution < 1.29 is 26.4 Å². The number of nitrogens with one attached hydrogen (secondary N) is 1. The number of sulfone groups is 1. The molecule has 1 saturated heterocycles. The van der Waals surface area contributed by atoms with Crippen LogP contribution in [0.15, 0.2) is 82.6 Å². The number of para-hydroxylation sites is 2. The molecule has 1 aliphatic rings. The second-order valence-corrected chi connectivity index (χ2v) is 12.9. The largest absolute Gasteiger partial charge is 0.495 e. The summed E-state index contributed by atoms with van der Waals surface area (Å²) in [5, 5.41) is 2.68. The maximum absolute atomic E-state index is 13.3. The van der Waals surface area contributed by atoms with Gasteiger partial charge in [-0.2, -0.15) is 4.31 Å². The van der Waals surface area contributed by atoms with E-state index in [1.807, 2.05) is 24.3 Å². The number of anilines is 2. The third kappa shape index (κ3) is 5.85. The van der Waals surface area contributed by atoms with Crippen LogP contribution in [0.4, 0.5) is 11.4 Å². The predicted octanol–water partition coefficient (Wildman–Crippen LogP) is 3.64. The van der Waals surface area contributed by atoms with Gasteiger partial charge in [-0.25, -0.2) is 16.8 Å². The van der Waals surface area contributed by atoms with E-state index in [1.165, 1.54) is 40.7 Å². The van der Waals surface area contributed by atoms with Gasteiger partial charge in [0.15, 0.2) is 9.84 Å². The SMILES string of the molecule is CCCS(=O)(=O)c1ccccc1C(=O)Nc1ccc(S(=O)(=O)N2CCN(c3ccccc3OC)CC2)cc1. The van der Waals surface area contributed by atoms with E-state index in [2.05, 4.69) is 10.2 Å². The molecule has 0 radical (unpaired) electrons. The lowest BCUT2D eigenvalue weighted by Crippen LogP contribution is -2.48. The van der Waals surface area contributed by atoms with Crippen LogP contribution in [0.2, 0.25) is 0 Å². The summed E-state index contributed by atoms with van der Waals surface area (Å²) in [6.45, 7) is 3.45. The molecule has 0 unspecified atom stereocenters. The highest BCUT2D eigenvalue weighted by Gasteiger charge is 2.29. The quantitative estimate of drug-likeness (QED) is 0.427. The zero-order chi connectivity index (χ0) is 27.3. The minimum absolute atomic E-state index is 0.0224. The van der Waals surface area contributed by atoms with Crippen molar-refractivity contribution >= 4 is 37.1 Å². The first-order valence-corrected chi connectivity index (χ1v) is 15.4. The molecule has 1 N–H and O–H groups in total. The van der Waals surface area contributed by atoms with Gasteiger partial charge < -0.3 is 15.0 Å². The third-order valence-electron chi connectivity index (χ3n) is 6.35. The van der Waals surface area contributed by atoms with Gasteiger partial charge in [0.05, 0.1) is 33.9 Å². The summed E-state index contributed by atoms with van der Waals surface area (Å²) in [6, 6.07) is 19.6. The molecular formula is C27H31N3O6S2. The third-order valence-corrected chi connectivity index (χ3v) is 10.2. The van der Waals surface area contributed by atoms with Crippen molar-refractivity contribution in [3.8, 4) is 5.75 Å². The van der Waals surface area contributed by atoms with Crippen molar-refractivity contribution in [1.82, 2.24) is 4.31 Å². The number of rotatable bonds is 9. The number of benzene rings is 3. The van der Waals surface area contributed by atoms with Crippen molar-refractivity contribution in [2.75, 3.05) is 49.3 Å². The summed E-state index contributed by atoms with van der Waals surface area (Å²) in [5.74, 6) is 0.104. The van der Waals surface area contributed by atoms with Crippen LogP contribution in [0, 0.1) is 0 Å². The number of hydrogen-bond acceptors (Lipinski definition) is 7. The molecule has 0 bridgehead atoms. The van der Waals surface area contributed by atoms with Gasteiger partial charge in [-0.05, 0) is 55.0 Å². The van der Waals surface area contributed by atoms with Gasteiger partial charge in [-0.1, -0.05) is 31.2 Å². The lowest BCUT2D eigenvalue weighted by Gasteiger charge is -2.35. The molecule has 4 rings (SSSR count). The highest BCUT2D eigenvalue weighted by molar-refractivity contribution is 7.91. The number of amides is 1. The Balaban J connectivity index is 1.44. The number of piperazine rings is 1. The van der Waals surface area contributed by atoms with E-state index in [0.29, 0.717) is 38.3 Å². The number of nitrogens with zero attached hydrogens (tertiary/aromatic N) is 2. The fourth-order valence-corrected chi connectivity index (χ4v) is 7.38. The predicted molar refractivity (Wildman–Crippen MR) is 147 cm³/mol. The summed E-state index contributed by atoms with van der Waals surface area (Å²) in [4.78, 5) is 15.1. The summed E-state index contributed by atoms with van der Waals surface area (Å²) in [5.41, 5.74) is 1.33. The van der Waals surface area contributed by atoms with Crippen molar-refractivity contribution in [3.63, 3.8) is 0 Å². The summed E-state index contributed by atoms with van der Waals surface area (Å²) in [7, 11) is -5.72. The molecule has 9 nitrogen and oxygen atoms in total. The maximum atomic E-state index is 13.3. The average molecular weight is 558 g/mol. The number of carbonyl (C=O) groups excluding carboxylic acids is 1. The van der Waals surface area contributed by atoms with Gasteiger partial charge in [0.25, 0.3) is 5.91 Å². The Morgan fingerprint density at radius 3 is 2.16 bits per heavy atom. The fraction of sp³-hybridized carbons (Fsp3) is 0.296. The van der Waals surface area contributed by atoms with Crippen LogP contribution >= 0.6 is 0 Å². The molecule has 0 aromatic heterocycles. The molecular weight excluding hydrogens is 526 g/mol. The lowest BCUT2D eigenvalue weighted by atomic mass is 10.2. The van der Waals surface area contributed by atoms with Crippen LogP contribution in [0.25, 0.3) is 0 Å². The van der Waals surface area contributed by atoms with Gasteiger partial charge in [0.1, 0.15) is 5.75 Å². The number of carbonyl (C=O) groups is 1. The minimum Gasteiger partial charge on any atom is -0.495 e. The van der Waals surface area contributed by atoms with Crippen LogP contribution in [-0.2, 0) is 19.9 Å². The molecule has 0 atom stereocenters. The molecule has 202 valence electrons. The monoisotopic (exact) mass is 557 g/mol. The first kappa shape index (κ1) is 27.6. The van der Waals surface area contributed by atoms with E-state index in [-0.39, 0.29) is 21.1 Å². The highest BCUT2D eigenvalue weighted by Crippen LogP contribution is 2.29. The summed E-state index contributed by atoms with van der Waals surface area (Å²) < 4.78 is 58.6. The molecule has 3 aromatic carbocycles. The lowest BCUT2D eigenvalue weighted by molar-refractivity contribution is 0.102. The summed E-state index contributed by atoms with van der Waals surface area (Å²) in [6.07, 6.45) is 0.434. The van der Waals surface area contributed by atoms with Crippen molar-refractivity contribution in [1.29, 1.82) is 0 Å². The Labute approximate surface area is 224 Å². The number of methoxy groups -OCH3 is 1. The van der Waals surface area contributed by atoms with Gasteiger partial charge in [-0.3, -0.25) is 4.79 Å². The Morgan fingerprint density at radius 1 is 0.868 bits per heavy atom. The molecule has 0 saturated carbocycles. The Bertz CT molecular complexity index is 1500. The zero-order valence-electron chi connectivity index (χ0n) is 21.3. The zero-order valence-corrected chi connectivity index (χ0v) is 23.0. The maximum Gasteiger partial charge on any atom is 0.256 e. The molecule has 0 aliphatic carbocycles. The average Bonchev–Trinajstić information content (AvgIpc) is 2.93. The normalized spacial score (nSPS) is 14.7. The van der Waals surface area contributed by atoms with Gasteiger partial charge >= 0.3 is 0 Å². The van der Waals surface area contributed by atoms with Crippen LogP contribution < -0.4 is 15.0 Å². The Kier molecular flexibility index (Phi) is 8.39. The Morgan fingerprint density at radius 2 is 1.50 bits per heavy atom.